The molecule has 1 aliphatic rings. The first-order valence-corrected chi connectivity index (χ1v) is 5.38. The van der Waals surface area contributed by atoms with Gasteiger partial charge in [0.05, 0.1) is 10.0 Å². The van der Waals surface area contributed by atoms with Gasteiger partial charge in [0, 0.05) is 4.47 Å². The standard InChI is InChI=1S/C9H6Br2O2/c1-4-8(12)6-2-5(10)3-7(11)9(6)13-4/h2-4H,1H3. The van der Waals surface area contributed by atoms with Crippen molar-refractivity contribution in [1.82, 2.24) is 0 Å². The summed E-state index contributed by atoms with van der Waals surface area (Å²) >= 11 is 6.67. The van der Waals surface area contributed by atoms with Gasteiger partial charge in [-0.05, 0) is 35.0 Å². The molecule has 1 unspecified atom stereocenters. The Hall–Kier alpha value is -0.350. The maximum atomic E-state index is 11.5. The van der Waals surface area contributed by atoms with Gasteiger partial charge < -0.3 is 4.74 Å². The lowest BCUT2D eigenvalue weighted by Crippen LogP contribution is -2.14. The number of benzene rings is 1. The fourth-order valence-electron chi connectivity index (χ4n) is 1.31. The summed E-state index contributed by atoms with van der Waals surface area (Å²) in [5, 5.41) is 0. The zero-order valence-corrected chi connectivity index (χ0v) is 9.98. The topological polar surface area (TPSA) is 26.3 Å². The van der Waals surface area contributed by atoms with E-state index in [0.29, 0.717) is 11.3 Å². The highest BCUT2D eigenvalue weighted by Gasteiger charge is 2.30. The number of hydrogen-bond donors (Lipinski definition) is 0. The van der Waals surface area contributed by atoms with E-state index >= 15 is 0 Å². The van der Waals surface area contributed by atoms with Crippen LogP contribution in [-0.4, -0.2) is 11.9 Å². The van der Waals surface area contributed by atoms with Crippen LogP contribution in [0.4, 0.5) is 0 Å². The van der Waals surface area contributed by atoms with Crippen LogP contribution in [0.5, 0.6) is 5.75 Å². The Labute approximate surface area is 92.5 Å². The fraction of sp³-hybridized carbons (Fsp3) is 0.222. The van der Waals surface area contributed by atoms with Gasteiger partial charge in [0.25, 0.3) is 0 Å². The Morgan fingerprint density at radius 2 is 2.08 bits per heavy atom. The van der Waals surface area contributed by atoms with Gasteiger partial charge in [-0.1, -0.05) is 15.9 Å². The minimum atomic E-state index is -0.361. The summed E-state index contributed by atoms with van der Waals surface area (Å²) < 4.78 is 7.08. The molecule has 0 saturated carbocycles. The number of ketones is 1. The first-order chi connectivity index (χ1) is 6.09. The van der Waals surface area contributed by atoms with Crippen molar-refractivity contribution in [2.24, 2.45) is 0 Å². The van der Waals surface area contributed by atoms with Gasteiger partial charge >= 0.3 is 0 Å². The summed E-state index contributed by atoms with van der Waals surface area (Å²) in [6.07, 6.45) is -0.361. The van der Waals surface area contributed by atoms with Gasteiger partial charge in [0.2, 0.25) is 5.78 Å². The minimum absolute atomic E-state index is 0.0389. The van der Waals surface area contributed by atoms with Crippen LogP contribution in [0.2, 0.25) is 0 Å². The molecule has 1 aromatic carbocycles. The number of rotatable bonds is 0. The maximum absolute atomic E-state index is 11.5. The Bertz CT molecular complexity index is 387. The van der Waals surface area contributed by atoms with E-state index in [-0.39, 0.29) is 11.9 Å². The second kappa shape index (κ2) is 3.10. The van der Waals surface area contributed by atoms with E-state index in [9.17, 15) is 4.79 Å². The number of hydrogen-bond acceptors (Lipinski definition) is 2. The molecule has 0 aliphatic carbocycles. The molecule has 0 N–H and O–H groups in total. The molecule has 0 spiro atoms. The number of carbonyl (C=O) groups is 1. The molecule has 0 aromatic heterocycles. The third kappa shape index (κ3) is 1.42. The smallest absolute Gasteiger partial charge is 0.206 e. The molecule has 0 saturated heterocycles. The summed E-state index contributed by atoms with van der Waals surface area (Å²) in [5.74, 6) is 0.692. The summed E-state index contributed by atoms with van der Waals surface area (Å²) in [5.41, 5.74) is 0.647. The molecule has 2 rings (SSSR count). The molecule has 1 atom stereocenters. The van der Waals surface area contributed by atoms with Crippen LogP contribution < -0.4 is 4.74 Å². The first-order valence-electron chi connectivity index (χ1n) is 3.79. The average molecular weight is 306 g/mol. The fourth-order valence-corrected chi connectivity index (χ4v) is 2.63. The lowest BCUT2D eigenvalue weighted by molar-refractivity contribution is 0.0878. The van der Waals surface area contributed by atoms with E-state index < -0.39 is 0 Å². The first kappa shape index (κ1) is 9.21. The molecule has 0 radical (unpaired) electrons. The number of carbonyl (C=O) groups excluding carboxylic acids is 1. The van der Waals surface area contributed by atoms with Gasteiger partial charge in [0.1, 0.15) is 5.75 Å². The number of fused-ring (bicyclic) bond motifs is 1. The van der Waals surface area contributed by atoms with Crippen LogP contribution >= 0.6 is 31.9 Å². The lowest BCUT2D eigenvalue weighted by Gasteiger charge is -2.02. The summed E-state index contributed by atoms with van der Waals surface area (Å²) in [4.78, 5) is 11.5. The number of ether oxygens (including phenoxy) is 1. The van der Waals surface area contributed by atoms with Crippen LogP contribution in [-0.2, 0) is 0 Å². The van der Waals surface area contributed by atoms with Crippen molar-refractivity contribution < 1.29 is 9.53 Å². The van der Waals surface area contributed by atoms with Gasteiger partial charge in [0.15, 0.2) is 6.10 Å². The highest BCUT2D eigenvalue weighted by atomic mass is 79.9. The van der Waals surface area contributed by atoms with Crippen molar-refractivity contribution in [3.63, 3.8) is 0 Å². The molecular weight excluding hydrogens is 300 g/mol. The normalized spacial score (nSPS) is 19.9. The van der Waals surface area contributed by atoms with E-state index in [1.54, 1.807) is 13.0 Å². The average Bonchev–Trinajstić information content (AvgIpc) is 2.32. The van der Waals surface area contributed by atoms with Crippen molar-refractivity contribution >= 4 is 37.6 Å². The number of Topliss-reactive ketones (excluding diaryl/α,β-unsaturated/α-hetero) is 1. The Morgan fingerprint density at radius 1 is 1.38 bits per heavy atom. The van der Waals surface area contributed by atoms with Crippen molar-refractivity contribution in [3.05, 3.63) is 26.6 Å². The van der Waals surface area contributed by atoms with Gasteiger partial charge in [-0.3, -0.25) is 4.79 Å². The molecular formula is C9H6Br2O2. The van der Waals surface area contributed by atoms with Gasteiger partial charge in [-0.15, -0.1) is 0 Å². The molecule has 1 aromatic rings. The van der Waals surface area contributed by atoms with Crippen LogP contribution in [0, 0.1) is 0 Å². The van der Waals surface area contributed by atoms with Crippen LogP contribution in [0.3, 0.4) is 0 Å². The molecule has 0 bridgehead atoms. The quantitative estimate of drug-likeness (QED) is 0.736. The summed E-state index contributed by atoms with van der Waals surface area (Å²) in [6.45, 7) is 1.75. The highest BCUT2D eigenvalue weighted by molar-refractivity contribution is 9.11. The Morgan fingerprint density at radius 3 is 2.77 bits per heavy atom. The van der Waals surface area contributed by atoms with Crippen molar-refractivity contribution in [2.75, 3.05) is 0 Å². The van der Waals surface area contributed by atoms with Crippen molar-refractivity contribution in [1.29, 1.82) is 0 Å². The highest BCUT2D eigenvalue weighted by Crippen LogP contribution is 2.38. The van der Waals surface area contributed by atoms with Crippen LogP contribution in [0.25, 0.3) is 0 Å². The summed E-state index contributed by atoms with van der Waals surface area (Å²) in [6, 6.07) is 3.65. The van der Waals surface area contributed by atoms with E-state index in [1.165, 1.54) is 0 Å². The second-order valence-electron chi connectivity index (χ2n) is 2.89. The molecule has 1 aliphatic heterocycles. The predicted molar refractivity (Wildman–Crippen MR) is 56.3 cm³/mol. The molecule has 13 heavy (non-hydrogen) atoms. The van der Waals surface area contributed by atoms with E-state index in [4.69, 9.17) is 4.74 Å². The minimum Gasteiger partial charge on any atom is -0.481 e. The zero-order chi connectivity index (χ0) is 9.59. The largest absolute Gasteiger partial charge is 0.481 e. The van der Waals surface area contributed by atoms with Crippen molar-refractivity contribution in [2.45, 2.75) is 13.0 Å². The Kier molecular flexibility index (Phi) is 2.20. The van der Waals surface area contributed by atoms with Gasteiger partial charge in [-0.25, -0.2) is 0 Å². The molecule has 0 fully saturated rings. The molecule has 2 nitrogen and oxygen atoms in total. The molecule has 0 amide bonds. The van der Waals surface area contributed by atoms with E-state index in [1.807, 2.05) is 6.07 Å². The van der Waals surface area contributed by atoms with Gasteiger partial charge in [-0.2, -0.15) is 0 Å². The third-order valence-corrected chi connectivity index (χ3v) is 2.98. The van der Waals surface area contributed by atoms with E-state index in [0.717, 1.165) is 8.95 Å². The molecule has 1 heterocycles. The monoisotopic (exact) mass is 304 g/mol. The third-order valence-electron chi connectivity index (χ3n) is 1.94. The molecule has 4 heteroatoms. The van der Waals surface area contributed by atoms with Crippen molar-refractivity contribution in [3.8, 4) is 5.75 Å². The van der Waals surface area contributed by atoms with Crippen LogP contribution in [0.1, 0.15) is 17.3 Å². The summed E-state index contributed by atoms with van der Waals surface area (Å²) in [7, 11) is 0. The maximum Gasteiger partial charge on any atom is 0.206 e. The van der Waals surface area contributed by atoms with E-state index in [2.05, 4.69) is 31.9 Å². The second-order valence-corrected chi connectivity index (χ2v) is 4.66. The predicted octanol–water partition coefficient (Wildman–Crippen LogP) is 3.18. The molecule has 68 valence electrons. The van der Waals surface area contributed by atoms with Crippen LogP contribution in [0.15, 0.2) is 21.1 Å². The Balaban J connectivity index is 2.64. The SMILES string of the molecule is CC1Oc2c(Br)cc(Br)cc2C1=O. The lowest BCUT2D eigenvalue weighted by atomic mass is 10.1. The zero-order valence-electron chi connectivity index (χ0n) is 6.80. The number of halogens is 2.